The second-order valence-corrected chi connectivity index (χ2v) is 7.64. The first-order chi connectivity index (χ1) is 14.7. The number of amides is 3. The largest absolute Gasteiger partial charge is 0.489 e. The zero-order valence-electron chi connectivity index (χ0n) is 17.9. The highest BCUT2D eigenvalue weighted by atomic mass is 16.5. The van der Waals surface area contributed by atoms with Gasteiger partial charge in [0.25, 0.3) is 5.91 Å². The minimum atomic E-state index is -1.19. The fraction of sp³-hybridized carbons (Fsp3) is 0.292. The van der Waals surface area contributed by atoms with E-state index >= 15 is 0 Å². The molecule has 7 nitrogen and oxygen atoms in total. The van der Waals surface area contributed by atoms with Crippen LogP contribution in [0.25, 0.3) is 0 Å². The van der Waals surface area contributed by atoms with Gasteiger partial charge in [0.05, 0.1) is 18.7 Å². The summed E-state index contributed by atoms with van der Waals surface area (Å²) in [6.45, 7) is 9.80. The Kier molecular flexibility index (Phi) is 6.44. The third-order valence-corrected chi connectivity index (χ3v) is 4.97. The van der Waals surface area contributed by atoms with Gasteiger partial charge in [-0.15, -0.1) is 0 Å². The number of nitrogens with zero attached hydrogens (tertiary/aromatic N) is 1. The van der Waals surface area contributed by atoms with Gasteiger partial charge in [-0.25, -0.2) is 9.59 Å². The SMILES string of the molecule is C=C(C)COc1ccc(C2(C)NC(=O)N(Cc3cccc(C(=O)OCC)c3)C2=O)cc1. The molecule has 162 valence electrons. The number of carbonyl (C=O) groups is 3. The van der Waals surface area contributed by atoms with Gasteiger partial charge in [0.1, 0.15) is 17.9 Å². The van der Waals surface area contributed by atoms with E-state index in [1.165, 1.54) is 0 Å². The molecule has 0 bridgehead atoms. The lowest BCUT2D eigenvalue weighted by atomic mass is 9.92. The maximum absolute atomic E-state index is 13.2. The average molecular weight is 422 g/mol. The van der Waals surface area contributed by atoms with Gasteiger partial charge < -0.3 is 14.8 Å². The lowest BCUT2D eigenvalue weighted by molar-refractivity contribution is -0.131. The predicted molar refractivity (Wildman–Crippen MR) is 116 cm³/mol. The summed E-state index contributed by atoms with van der Waals surface area (Å²) in [6.07, 6.45) is 0. The highest BCUT2D eigenvalue weighted by Crippen LogP contribution is 2.31. The highest BCUT2D eigenvalue weighted by Gasteiger charge is 2.48. The molecule has 1 saturated heterocycles. The average Bonchev–Trinajstić information content (AvgIpc) is 2.97. The van der Waals surface area contributed by atoms with Crippen LogP contribution in [0.3, 0.4) is 0 Å². The monoisotopic (exact) mass is 422 g/mol. The Morgan fingerprint density at radius 2 is 1.87 bits per heavy atom. The molecule has 0 aromatic heterocycles. The molecule has 1 unspecified atom stereocenters. The lowest BCUT2D eigenvalue weighted by Gasteiger charge is -2.22. The van der Waals surface area contributed by atoms with E-state index in [2.05, 4.69) is 11.9 Å². The molecule has 2 aromatic rings. The van der Waals surface area contributed by atoms with Crippen molar-refractivity contribution >= 4 is 17.9 Å². The van der Waals surface area contributed by atoms with E-state index in [0.29, 0.717) is 29.0 Å². The minimum Gasteiger partial charge on any atom is -0.489 e. The summed E-state index contributed by atoms with van der Waals surface area (Å²) in [5, 5.41) is 2.78. The first-order valence-corrected chi connectivity index (χ1v) is 10.0. The molecule has 31 heavy (non-hydrogen) atoms. The second-order valence-electron chi connectivity index (χ2n) is 7.64. The molecular formula is C24H26N2O5. The van der Waals surface area contributed by atoms with Crippen molar-refractivity contribution in [1.82, 2.24) is 10.2 Å². The normalized spacial score (nSPS) is 18.0. The van der Waals surface area contributed by atoms with Crippen LogP contribution >= 0.6 is 0 Å². The molecule has 3 amide bonds. The van der Waals surface area contributed by atoms with Crippen molar-refractivity contribution in [3.8, 4) is 5.75 Å². The molecule has 0 radical (unpaired) electrons. The van der Waals surface area contributed by atoms with E-state index in [1.54, 1.807) is 62.4 Å². The van der Waals surface area contributed by atoms with E-state index in [1.807, 2.05) is 6.92 Å². The number of nitrogens with one attached hydrogen (secondary N) is 1. The fourth-order valence-electron chi connectivity index (χ4n) is 3.32. The Hall–Kier alpha value is -3.61. The summed E-state index contributed by atoms with van der Waals surface area (Å²) in [4.78, 5) is 38.9. The van der Waals surface area contributed by atoms with Crippen molar-refractivity contribution in [2.75, 3.05) is 13.2 Å². The molecule has 1 fully saturated rings. The first kappa shape index (κ1) is 22.1. The van der Waals surface area contributed by atoms with Crippen LogP contribution in [-0.2, 0) is 21.6 Å². The third kappa shape index (κ3) is 4.77. The van der Waals surface area contributed by atoms with Crippen molar-refractivity contribution in [1.29, 1.82) is 0 Å². The number of urea groups is 1. The van der Waals surface area contributed by atoms with Crippen LogP contribution in [-0.4, -0.2) is 36.0 Å². The molecule has 0 saturated carbocycles. The maximum Gasteiger partial charge on any atom is 0.338 e. The van der Waals surface area contributed by atoms with Crippen molar-refractivity contribution < 1.29 is 23.9 Å². The lowest BCUT2D eigenvalue weighted by Crippen LogP contribution is -2.40. The number of ether oxygens (including phenoxy) is 2. The molecule has 3 rings (SSSR count). The molecule has 1 heterocycles. The van der Waals surface area contributed by atoms with Crippen molar-refractivity contribution in [3.05, 3.63) is 77.4 Å². The number of esters is 1. The molecule has 1 atom stereocenters. The summed E-state index contributed by atoms with van der Waals surface area (Å²) in [5.41, 5.74) is 1.39. The summed E-state index contributed by atoms with van der Waals surface area (Å²) >= 11 is 0. The van der Waals surface area contributed by atoms with Gasteiger partial charge in [-0.1, -0.05) is 30.8 Å². The highest BCUT2D eigenvalue weighted by molar-refractivity contribution is 6.07. The van der Waals surface area contributed by atoms with Crippen LogP contribution in [0.5, 0.6) is 5.75 Å². The van der Waals surface area contributed by atoms with Crippen LogP contribution in [0.1, 0.15) is 42.3 Å². The van der Waals surface area contributed by atoms with Gasteiger partial charge >= 0.3 is 12.0 Å². The third-order valence-electron chi connectivity index (χ3n) is 4.97. The van der Waals surface area contributed by atoms with Gasteiger partial charge in [-0.3, -0.25) is 9.69 Å². The standard InChI is InChI=1S/C24H26N2O5/c1-5-30-21(27)18-8-6-7-17(13-18)14-26-22(28)24(4,25-23(26)29)19-9-11-20(12-10-19)31-15-16(2)3/h6-13H,2,5,14-15H2,1,3-4H3,(H,25,29). The fourth-order valence-corrected chi connectivity index (χ4v) is 3.32. The summed E-state index contributed by atoms with van der Waals surface area (Å²) in [5.74, 6) is -0.158. The van der Waals surface area contributed by atoms with Crippen LogP contribution in [0.2, 0.25) is 0 Å². The number of hydrogen-bond donors (Lipinski definition) is 1. The number of rotatable bonds is 8. The molecule has 0 aliphatic carbocycles. The summed E-state index contributed by atoms with van der Waals surface area (Å²) in [7, 11) is 0. The Morgan fingerprint density at radius 1 is 1.16 bits per heavy atom. The van der Waals surface area contributed by atoms with E-state index in [4.69, 9.17) is 9.47 Å². The Bertz CT molecular complexity index is 1010. The Labute approximate surface area is 181 Å². The molecule has 0 spiro atoms. The smallest absolute Gasteiger partial charge is 0.338 e. The maximum atomic E-state index is 13.2. The van der Waals surface area contributed by atoms with Crippen LogP contribution < -0.4 is 10.1 Å². The van der Waals surface area contributed by atoms with E-state index < -0.39 is 17.5 Å². The summed E-state index contributed by atoms with van der Waals surface area (Å²) < 4.78 is 10.6. The van der Waals surface area contributed by atoms with Gasteiger partial charge in [0, 0.05) is 0 Å². The Balaban J connectivity index is 1.76. The van der Waals surface area contributed by atoms with E-state index in [0.717, 1.165) is 10.5 Å². The first-order valence-electron chi connectivity index (χ1n) is 10.0. The molecule has 2 aromatic carbocycles. The Morgan fingerprint density at radius 3 is 2.52 bits per heavy atom. The van der Waals surface area contributed by atoms with Crippen molar-refractivity contribution in [3.63, 3.8) is 0 Å². The van der Waals surface area contributed by atoms with Crippen LogP contribution in [0.15, 0.2) is 60.7 Å². The van der Waals surface area contributed by atoms with Gasteiger partial charge in [0.15, 0.2) is 0 Å². The zero-order valence-corrected chi connectivity index (χ0v) is 17.9. The van der Waals surface area contributed by atoms with Crippen LogP contribution in [0.4, 0.5) is 4.79 Å². The van der Waals surface area contributed by atoms with Gasteiger partial charge in [-0.05, 0) is 61.7 Å². The summed E-state index contributed by atoms with van der Waals surface area (Å²) in [6, 6.07) is 13.3. The number of imide groups is 1. The molecule has 1 N–H and O–H groups in total. The van der Waals surface area contributed by atoms with Gasteiger partial charge in [-0.2, -0.15) is 0 Å². The molecular weight excluding hydrogens is 396 g/mol. The second kappa shape index (κ2) is 9.04. The van der Waals surface area contributed by atoms with Gasteiger partial charge in [0.2, 0.25) is 0 Å². The predicted octanol–water partition coefficient (Wildman–Crippen LogP) is 3.79. The molecule has 7 heteroatoms. The number of benzene rings is 2. The molecule has 1 aliphatic heterocycles. The van der Waals surface area contributed by atoms with Crippen LogP contribution in [0, 0.1) is 0 Å². The van der Waals surface area contributed by atoms with E-state index in [-0.39, 0.29) is 19.1 Å². The zero-order chi connectivity index (χ0) is 22.6. The number of carbonyl (C=O) groups excluding carboxylic acids is 3. The minimum absolute atomic E-state index is 0.0489. The number of hydrogen-bond acceptors (Lipinski definition) is 5. The quantitative estimate of drug-likeness (QED) is 0.398. The van der Waals surface area contributed by atoms with E-state index in [9.17, 15) is 14.4 Å². The molecule has 1 aliphatic rings. The topological polar surface area (TPSA) is 84.9 Å². The van der Waals surface area contributed by atoms with Crippen molar-refractivity contribution in [2.24, 2.45) is 0 Å². The van der Waals surface area contributed by atoms with Crippen molar-refractivity contribution in [2.45, 2.75) is 32.9 Å².